The topological polar surface area (TPSA) is 106 Å². The van der Waals surface area contributed by atoms with E-state index in [2.05, 4.69) is 16.0 Å². The lowest BCUT2D eigenvalue weighted by molar-refractivity contribution is -0.116. The van der Waals surface area contributed by atoms with E-state index in [9.17, 15) is 14.4 Å². The molecule has 0 heterocycles. The number of hydrogen-bond donors (Lipinski definition) is 3. The van der Waals surface area contributed by atoms with E-state index in [4.69, 9.17) is 9.47 Å². The van der Waals surface area contributed by atoms with E-state index in [1.807, 2.05) is 67.6 Å². The van der Waals surface area contributed by atoms with Crippen LogP contribution in [0.15, 0.2) is 138 Å². The molecule has 1 unspecified atom stereocenters. The number of benzene rings is 5. The maximum Gasteiger partial charge on any atom is 0.272 e. The molecule has 0 aromatic heterocycles. The van der Waals surface area contributed by atoms with Crippen LogP contribution in [0.4, 0.5) is 11.4 Å². The first-order valence-corrected chi connectivity index (χ1v) is 16.0. The van der Waals surface area contributed by atoms with Gasteiger partial charge in [-0.05, 0) is 72.7 Å². The van der Waals surface area contributed by atoms with Crippen molar-refractivity contribution in [2.45, 2.75) is 17.1 Å². The summed E-state index contributed by atoms with van der Waals surface area (Å²) in [5.74, 6) is -0.290. The highest BCUT2D eigenvalue weighted by atomic mass is 32.2. The summed E-state index contributed by atoms with van der Waals surface area (Å²) in [4.78, 5) is 41.3. The summed E-state index contributed by atoms with van der Waals surface area (Å²) in [6, 6.07) is 38.3. The van der Waals surface area contributed by atoms with Crippen LogP contribution in [-0.4, -0.2) is 31.9 Å². The number of para-hydroxylation sites is 1. The van der Waals surface area contributed by atoms with Gasteiger partial charge in [0.05, 0.1) is 14.2 Å². The molecule has 5 rings (SSSR count). The van der Waals surface area contributed by atoms with Gasteiger partial charge in [0.2, 0.25) is 5.91 Å². The summed E-state index contributed by atoms with van der Waals surface area (Å²) in [7, 11) is 3.03. The van der Waals surface area contributed by atoms with Gasteiger partial charge in [-0.3, -0.25) is 14.4 Å². The molecule has 9 heteroatoms. The maximum absolute atomic E-state index is 13.8. The summed E-state index contributed by atoms with van der Waals surface area (Å²) in [5.41, 5.74) is 3.99. The molecule has 0 aliphatic heterocycles. The molecule has 5 aromatic carbocycles. The molecule has 0 spiro atoms. The SMILES string of the molecule is COc1cccc(/C=C(/NC(=O)c2ccccc2)C(=O)Nc2cccc(SC(C(=O)Nc3cccc(C)c3)c3ccccc3)c2)c1OC. The number of hydrogen-bond acceptors (Lipinski definition) is 6. The number of thioether (sulfide) groups is 1. The van der Waals surface area contributed by atoms with E-state index in [1.165, 1.54) is 32.1 Å². The van der Waals surface area contributed by atoms with Crippen LogP contribution in [-0.2, 0) is 9.59 Å². The molecule has 48 heavy (non-hydrogen) atoms. The Kier molecular flexibility index (Phi) is 11.3. The zero-order valence-corrected chi connectivity index (χ0v) is 27.5. The second kappa shape index (κ2) is 16.2. The molecule has 3 amide bonds. The Morgan fingerprint density at radius 1 is 0.708 bits per heavy atom. The second-order valence-corrected chi connectivity index (χ2v) is 11.9. The molecule has 0 fully saturated rings. The third kappa shape index (κ3) is 8.71. The van der Waals surface area contributed by atoms with Gasteiger partial charge in [-0.25, -0.2) is 0 Å². The van der Waals surface area contributed by atoms with Crippen LogP contribution in [0.25, 0.3) is 6.08 Å². The summed E-state index contributed by atoms with van der Waals surface area (Å²) >= 11 is 1.36. The van der Waals surface area contributed by atoms with E-state index in [-0.39, 0.29) is 11.6 Å². The lowest BCUT2D eigenvalue weighted by Gasteiger charge is -2.18. The molecule has 0 radical (unpaired) electrons. The van der Waals surface area contributed by atoms with Crippen LogP contribution >= 0.6 is 11.8 Å². The average molecular weight is 658 g/mol. The first-order valence-electron chi connectivity index (χ1n) is 15.1. The third-order valence-electron chi connectivity index (χ3n) is 7.23. The number of amides is 3. The Hall–Kier alpha value is -5.80. The van der Waals surface area contributed by atoms with E-state index >= 15 is 0 Å². The number of aryl methyl sites for hydroxylation is 1. The highest BCUT2D eigenvalue weighted by Gasteiger charge is 2.23. The molecule has 242 valence electrons. The van der Waals surface area contributed by atoms with Gasteiger partial charge in [0.25, 0.3) is 11.8 Å². The molecule has 0 aliphatic rings. The number of nitrogens with one attached hydrogen (secondary N) is 3. The van der Waals surface area contributed by atoms with E-state index in [0.717, 1.165) is 16.0 Å². The number of methoxy groups -OCH3 is 2. The van der Waals surface area contributed by atoms with Crippen LogP contribution in [0.1, 0.15) is 32.3 Å². The molecular weight excluding hydrogens is 623 g/mol. The summed E-state index contributed by atoms with van der Waals surface area (Å²) < 4.78 is 11.0. The number of carbonyl (C=O) groups is 3. The Labute approximate surface area is 284 Å². The Morgan fingerprint density at radius 2 is 1.38 bits per heavy atom. The standard InChI is InChI=1S/C39H35N3O5S/c1-26-13-10-19-30(23-26)41-39(45)36(27-14-6-4-7-15-27)48-32-21-12-20-31(25-32)40-38(44)33(42-37(43)28-16-8-5-9-17-28)24-29-18-11-22-34(46-2)35(29)47-3/h4-25,36H,1-3H3,(H,40,44)(H,41,45)(H,42,43)/b33-24+. The van der Waals surface area contributed by atoms with Crippen LogP contribution in [0.5, 0.6) is 11.5 Å². The van der Waals surface area contributed by atoms with Gasteiger partial charge in [0.15, 0.2) is 11.5 Å². The van der Waals surface area contributed by atoms with Crippen molar-refractivity contribution >= 4 is 46.9 Å². The molecule has 0 aliphatic carbocycles. The average Bonchev–Trinajstić information content (AvgIpc) is 3.11. The van der Waals surface area contributed by atoms with Gasteiger partial charge in [0.1, 0.15) is 10.9 Å². The van der Waals surface area contributed by atoms with Crippen molar-refractivity contribution in [3.63, 3.8) is 0 Å². The molecule has 0 saturated carbocycles. The molecule has 8 nitrogen and oxygen atoms in total. The first kappa shape index (κ1) is 33.6. The van der Waals surface area contributed by atoms with Crippen molar-refractivity contribution < 1.29 is 23.9 Å². The van der Waals surface area contributed by atoms with Crippen molar-refractivity contribution in [3.8, 4) is 11.5 Å². The quantitative estimate of drug-likeness (QED) is 0.0931. The fourth-order valence-corrected chi connectivity index (χ4v) is 6.02. The van der Waals surface area contributed by atoms with Gasteiger partial charge in [-0.1, -0.05) is 78.9 Å². The van der Waals surface area contributed by atoms with Crippen molar-refractivity contribution in [2.75, 3.05) is 24.9 Å². The Balaban J connectivity index is 1.41. The third-order valence-corrected chi connectivity index (χ3v) is 8.48. The lowest BCUT2D eigenvalue weighted by Crippen LogP contribution is -2.30. The smallest absolute Gasteiger partial charge is 0.272 e. The molecule has 0 saturated heterocycles. The fourth-order valence-electron chi connectivity index (χ4n) is 4.94. The summed E-state index contributed by atoms with van der Waals surface area (Å²) in [5, 5.41) is 8.13. The van der Waals surface area contributed by atoms with Crippen LogP contribution in [0.2, 0.25) is 0 Å². The molecule has 1 atom stereocenters. The van der Waals surface area contributed by atoms with Crippen molar-refractivity contribution in [2.24, 2.45) is 0 Å². The first-order chi connectivity index (χ1) is 23.3. The Morgan fingerprint density at radius 3 is 2.06 bits per heavy atom. The van der Waals surface area contributed by atoms with Gasteiger partial charge < -0.3 is 25.4 Å². The number of ether oxygens (including phenoxy) is 2. The zero-order valence-electron chi connectivity index (χ0n) is 26.7. The number of anilines is 2. The minimum Gasteiger partial charge on any atom is -0.493 e. The molecular formula is C39H35N3O5S. The highest BCUT2D eigenvalue weighted by molar-refractivity contribution is 8.00. The van der Waals surface area contributed by atoms with E-state index in [0.29, 0.717) is 34.0 Å². The van der Waals surface area contributed by atoms with Crippen LogP contribution in [0, 0.1) is 6.92 Å². The lowest BCUT2D eigenvalue weighted by atomic mass is 10.1. The second-order valence-electron chi connectivity index (χ2n) is 10.7. The largest absolute Gasteiger partial charge is 0.493 e. The van der Waals surface area contributed by atoms with Gasteiger partial charge in [-0.2, -0.15) is 0 Å². The highest BCUT2D eigenvalue weighted by Crippen LogP contribution is 2.37. The van der Waals surface area contributed by atoms with Crippen molar-refractivity contribution in [1.82, 2.24) is 5.32 Å². The van der Waals surface area contributed by atoms with Crippen molar-refractivity contribution in [3.05, 3.63) is 155 Å². The number of carbonyl (C=O) groups excluding carboxylic acids is 3. The minimum atomic E-state index is -0.571. The van der Waals surface area contributed by atoms with Crippen LogP contribution in [0.3, 0.4) is 0 Å². The minimum absolute atomic E-state index is 0.00634. The normalized spacial score (nSPS) is 11.6. The summed E-state index contributed by atoms with van der Waals surface area (Å²) in [6.07, 6.45) is 1.54. The molecule has 0 bridgehead atoms. The van der Waals surface area contributed by atoms with Gasteiger partial charge in [-0.15, -0.1) is 11.8 Å². The van der Waals surface area contributed by atoms with Crippen LogP contribution < -0.4 is 25.4 Å². The molecule has 5 aromatic rings. The summed E-state index contributed by atoms with van der Waals surface area (Å²) in [6.45, 7) is 1.97. The predicted octanol–water partition coefficient (Wildman–Crippen LogP) is 7.89. The number of rotatable bonds is 12. The molecule has 3 N–H and O–H groups in total. The van der Waals surface area contributed by atoms with Gasteiger partial charge in [0, 0.05) is 27.4 Å². The fraction of sp³-hybridized carbons (Fsp3) is 0.103. The monoisotopic (exact) mass is 657 g/mol. The van der Waals surface area contributed by atoms with E-state index < -0.39 is 17.1 Å². The van der Waals surface area contributed by atoms with E-state index in [1.54, 1.807) is 66.7 Å². The predicted molar refractivity (Wildman–Crippen MR) is 191 cm³/mol. The van der Waals surface area contributed by atoms with Crippen molar-refractivity contribution in [1.29, 1.82) is 0 Å². The van der Waals surface area contributed by atoms with Gasteiger partial charge >= 0.3 is 0 Å². The zero-order chi connectivity index (χ0) is 33.9. The maximum atomic E-state index is 13.8. The Bertz CT molecular complexity index is 1930.